The van der Waals surface area contributed by atoms with E-state index in [2.05, 4.69) is 19.9 Å². The molecule has 128 valence electrons. The molecule has 0 fully saturated rings. The summed E-state index contributed by atoms with van der Waals surface area (Å²) in [6, 6.07) is 6.72. The fraction of sp³-hybridized carbons (Fsp3) is 0. The molecule has 9 nitrogen and oxygen atoms in total. The average Bonchev–Trinajstić information content (AvgIpc) is 3.32. The van der Waals surface area contributed by atoms with Crippen molar-refractivity contribution in [3.05, 3.63) is 81.8 Å². The van der Waals surface area contributed by atoms with Gasteiger partial charge in [-0.25, -0.2) is 19.3 Å². The Hall–Kier alpha value is -4.01. The van der Waals surface area contributed by atoms with Crippen LogP contribution < -0.4 is 11.2 Å². The number of carbonyl (C=O) groups is 1. The highest BCUT2D eigenvalue weighted by atomic mass is 16.2. The van der Waals surface area contributed by atoms with Crippen LogP contribution in [0.4, 0.5) is 0 Å². The number of carbonyl (C=O) groups excluding carboxylic acids is 1. The first kappa shape index (κ1) is 15.5. The fourth-order valence-corrected chi connectivity index (χ4v) is 2.56. The number of hydrogen-bond acceptors (Lipinski definition) is 5. The topological polar surface area (TPSA) is 118 Å². The number of nitrogens with zero attached hydrogens (tertiary/aromatic N) is 4. The highest BCUT2D eigenvalue weighted by Crippen LogP contribution is 2.10. The molecule has 0 saturated heterocycles. The van der Waals surface area contributed by atoms with Crippen LogP contribution in [0.2, 0.25) is 0 Å². The van der Waals surface area contributed by atoms with E-state index < -0.39 is 11.2 Å². The standard InChI is InChI=1S/C17H12N6O3/c24-13(22-7-6-18-10-22)5-4-11-2-1-3-12(8-11)23-16(25)14-15(20-9-19-14)21-17(23)26/h1-10H,(H,19,20)(H,21,26). The predicted molar refractivity (Wildman–Crippen MR) is 94.2 cm³/mol. The van der Waals surface area contributed by atoms with Crippen LogP contribution in [-0.4, -0.2) is 35.0 Å². The van der Waals surface area contributed by atoms with Crippen molar-refractivity contribution in [3.8, 4) is 5.69 Å². The van der Waals surface area contributed by atoms with E-state index in [1.807, 2.05) is 0 Å². The van der Waals surface area contributed by atoms with Crippen LogP contribution in [0.3, 0.4) is 0 Å². The zero-order valence-corrected chi connectivity index (χ0v) is 13.3. The Morgan fingerprint density at radius 1 is 1.23 bits per heavy atom. The van der Waals surface area contributed by atoms with Crippen molar-refractivity contribution in [2.75, 3.05) is 0 Å². The Kier molecular flexibility index (Phi) is 3.66. The molecular formula is C17H12N6O3. The van der Waals surface area contributed by atoms with Gasteiger partial charge in [0.2, 0.25) is 0 Å². The second kappa shape index (κ2) is 6.13. The Morgan fingerprint density at radius 3 is 2.92 bits per heavy atom. The summed E-state index contributed by atoms with van der Waals surface area (Å²) in [5.41, 5.74) is 0.359. The monoisotopic (exact) mass is 348 g/mol. The number of fused-ring (bicyclic) bond motifs is 1. The van der Waals surface area contributed by atoms with E-state index in [9.17, 15) is 14.4 Å². The molecule has 0 spiro atoms. The molecular weight excluding hydrogens is 336 g/mol. The third-order valence-electron chi connectivity index (χ3n) is 3.79. The van der Waals surface area contributed by atoms with Gasteiger partial charge in [0, 0.05) is 18.5 Å². The van der Waals surface area contributed by atoms with Crippen LogP contribution in [-0.2, 0) is 0 Å². The van der Waals surface area contributed by atoms with Crippen molar-refractivity contribution in [1.82, 2.24) is 29.1 Å². The van der Waals surface area contributed by atoms with Gasteiger partial charge >= 0.3 is 5.69 Å². The third kappa shape index (κ3) is 2.67. The van der Waals surface area contributed by atoms with Gasteiger partial charge in [-0.15, -0.1) is 0 Å². The molecule has 0 saturated carbocycles. The van der Waals surface area contributed by atoms with Gasteiger partial charge in [0.05, 0.1) is 12.0 Å². The van der Waals surface area contributed by atoms with E-state index in [4.69, 9.17) is 0 Å². The van der Waals surface area contributed by atoms with E-state index in [1.165, 1.54) is 29.5 Å². The minimum atomic E-state index is -0.592. The van der Waals surface area contributed by atoms with E-state index >= 15 is 0 Å². The Morgan fingerprint density at radius 2 is 2.12 bits per heavy atom. The van der Waals surface area contributed by atoms with Gasteiger partial charge in [0.25, 0.3) is 11.5 Å². The van der Waals surface area contributed by atoms with Gasteiger partial charge in [0.15, 0.2) is 5.65 Å². The predicted octanol–water partition coefficient (Wildman–Crippen LogP) is 0.952. The number of aromatic nitrogens is 6. The molecule has 4 aromatic rings. The molecule has 9 heteroatoms. The summed E-state index contributed by atoms with van der Waals surface area (Å²) in [4.78, 5) is 49.7. The molecule has 4 rings (SSSR count). The molecule has 3 heterocycles. The number of allylic oxidation sites excluding steroid dienone is 1. The molecule has 0 unspecified atom stereocenters. The molecule has 3 aromatic heterocycles. The lowest BCUT2D eigenvalue weighted by molar-refractivity contribution is 0.0969. The summed E-state index contributed by atoms with van der Waals surface area (Å²) in [5, 5.41) is 0. The second-order valence-electron chi connectivity index (χ2n) is 5.43. The number of rotatable bonds is 3. The largest absolute Gasteiger partial charge is 0.339 e. The van der Waals surface area contributed by atoms with Crippen LogP contribution in [0.5, 0.6) is 0 Å². The van der Waals surface area contributed by atoms with E-state index in [1.54, 1.807) is 36.5 Å². The number of nitrogens with one attached hydrogen (secondary N) is 2. The lowest BCUT2D eigenvalue weighted by Crippen LogP contribution is -2.33. The van der Waals surface area contributed by atoms with Gasteiger partial charge in [-0.3, -0.25) is 19.1 Å². The van der Waals surface area contributed by atoms with Gasteiger partial charge in [0.1, 0.15) is 11.8 Å². The Balaban J connectivity index is 1.74. The number of aromatic amines is 2. The van der Waals surface area contributed by atoms with Crippen LogP contribution in [0, 0.1) is 0 Å². The quantitative estimate of drug-likeness (QED) is 0.534. The third-order valence-corrected chi connectivity index (χ3v) is 3.79. The van der Waals surface area contributed by atoms with Crippen molar-refractivity contribution in [1.29, 1.82) is 0 Å². The van der Waals surface area contributed by atoms with E-state index in [0.717, 1.165) is 4.57 Å². The fourth-order valence-electron chi connectivity index (χ4n) is 2.56. The molecule has 2 N–H and O–H groups in total. The van der Waals surface area contributed by atoms with E-state index in [-0.39, 0.29) is 17.1 Å². The van der Waals surface area contributed by atoms with Crippen LogP contribution in [0.1, 0.15) is 10.4 Å². The molecule has 0 amide bonds. The minimum Gasteiger partial charge on any atom is -0.339 e. The second-order valence-corrected chi connectivity index (χ2v) is 5.43. The number of benzene rings is 1. The summed E-state index contributed by atoms with van der Waals surface area (Å²) in [7, 11) is 0. The smallest absolute Gasteiger partial charge is 0.334 e. The van der Waals surface area contributed by atoms with Crippen LogP contribution in [0.25, 0.3) is 22.9 Å². The zero-order chi connectivity index (χ0) is 18.1. The molecule has 0 aliphatic carbocycles. The lowest BCUT2D eigenvalue weighted by Gasteiger charge is -2.05. The first-order valence-corrected chi connectivity index (χ1v) is 7.63. The van der Waals surface area contributed by atoms with Gasteiger partial charge in [-0.2, -0.15) is 0 Å². The summed E-state index contributed by atoms with van der Waals surface area (Å²) >= 11 is 0. The highest BCUT2D eigenvalue weighted by Gasteiger charge is 2.11. The molecule has 0 radical (unpaired) electrons. The molecule has 0 aliphatic rings. The summed E-state index contributed by atoms with van der Waals surface area (Å²) < 4.78 is 2.34. The maximum atomic E-state index is 12.5. The first-order chi connectivity index (χ1) is 12.6. The van der Waals surface area contributed by atoms with Crippen molar-refractivity contribution < 1.29 is 4.79 Å². The maximum absolute atomic E-state index is 12.5. The molecule has 0 aliphatic heterocycles. The molecule has 0 bridgehead atoms. The molecule has 26 heavy (non-hydrogen) atoms. The number of hydrogen-bond donors (Lipinski definition) is 2. The van der Waals surface area contributed by atoms with Crippen LogP contribution >= 0.6 is 0 Å². The number of H-pyrrole nitrogens is 2. The minimum absolute atomic E-state index is 0.207. The molecule has 0 atom stereocenters. The highest BCUT2D eigenvalue weighted by molar-refractivity contribution is 5.93. The van der Waals surface area contributed by atoms with Gasteiger partial charge in [-0.1, -0.05) is 12.1 Å². The van der Waals surface area contributed by atoms with Crippen molar-refractivity contribution in [2.24, 2.45) is 0 Å². The molecule has 1 aromatic carbocycles. The zero-order valence-electron chi connectivity index (χ0n) is 13.3. The van der Waals surface area contributed by atoms with Crippen molar-refractivity contribution in [2.45, 2.75) is 0 Å². The lowest BCUT2D eigenvalue weighted by atomic mass is 10.2. The average molecular weight is 348 g/mol. The van der Waals surface area contributed by atoms with E-state index in [0.29, 0.717) is 11.3 Å². The van der Waals surface area contributed by atoms with Gasteiger partial charge in [-0.05, 0) is 23.8 Å². The van der Waals surface area contributed by atoms with Crippen LogP contribution in [0.15, 0.2) is 65.0 Å². The SMILES string of the molecule is O=C(C=Cc1cccc(-n2c(=O)[nH]c3nc[nH]c3c2=O)c1)n1ccnc1. The summed E-state index contributed by atoms with van der Waals surface area (Å²) in [6.45, 7) is 0. The maximum Gasteiger partial charge on any atom is 0.334 e. The Bertz CT molecular complexity index is 1240. The first-order valence-electron chi connectivity index (χ1n) is 7.63. The number of imidazole rings is 2. The van der Waals surface area contributed by atoms with Gasteiger partial charge < -0.3 is 4.98 Å². The summed E-state index contributed by atoms with van der Waals surface area (Å²) in [6.07, 6.45) is 8.78. The Labute approximate surface area is 145 Å². The van der Waals surface area contributed by atoms with Crippen molar-refractivity contribution >= 4 is 23.1 Å². The van der Waals surface area contributed by atoms with Crippen molar-refractivity contribution in [3.63, 3.8) is 0 Å². The normalized spacial score (nSPS) is 11.4. The summed E-state index contributed by atoms with van der Waals surface area (Å²) in [5.74, 6) is -0.262.